The molecule has 0 bridgehead atoms. The van der Waals surface area contributed by atoms with Crippen LogP contribution in [0.15, 0.2) is 66.9 Å². The fourth-order valence-corrected chi connectivity index (χ4v) is 3.81. The molecule has 2 atom stereocenters. The number of hydrogen-bond donors (Lipinski definition) is 2. The van der Waals surface area contributed by atoms with Crippen molar-refractivity contribution in [2.45, 2.75) is 32.2 Å². The minimum absolute atomic E-state index is 0.174. The number of nitrogens with zero attached hydrogens (tertiary/aromatic N) is 2. The molecule has 0 unspecified atom stereocenters. The zero-order chi connectivity index (χ0) is 25.2. The van der Waals surface area contributed by atoms with Gasteiger partial charge in [-0.25, -0.2) is 4.68 Å². The van der Waals surface area contributed by atoms with Gasteiger partial charge in [0.25, 0.3) is 0 Å². The SMILES string of the molecule is C=C1C[C@H](C(=O)Nc2cc(-c3cccc(CO[C@H](C)C(F)(F)F)c3)n(-c3ccc(Cl)cc3)n2)CN1. The predicted octanol–water partition coefficient (Wildman–Crippen LogP) is 5.72. The van der Waals surface area contributed by atoms with Gasteiger partial charge in [-0.3, -0.25) is 4.79 Å². The Morgan fingerprint density at radius 2 is 2.03 bits per heavy atom. The van der Waals surface area contributed by atoms with Gasteiger partial charge in [0, 0.05) is 28.9 Å². The molecule has 1 saturated heterocycles. The van der Waals surface area contributed by atoms with Crippen LogP contribution in [0.3, 0.4) is 0 Å². The number of anilines is 1. The van der Waals surface area contributed by atoms with E-state index in [1.807, 2.05) is 6.07 Å². The van der Waals surface area contributed by atoms with Crippen LogP contribution in [0.1, 0.15) is 18.9 Å². The monoisotopic (exact) mass is 504 g/mol. The van der Waals surface area contributed by atoms with E-state index in [-0.39, 0.29) is 18.4 Å². The van der Waals surface area contributed by atoms with Crippen LogP contribution in [0.25, 0.3) is 16.9 Å². The van der Waals surface area contributed by atoms with Crippen molar-refractivity contribution in [3.63, 3.8) is 0 Å². The summed E-state index contributed by atoms with van der Waals surface area (Å²) in [5.41, 5.74) is 3.43. The van der Waals surface area contributed by atoms with Crippen molar-refractivity contribution in [2.24, 2.45) is 5.92 Å². The highest BCUT2D eigenvalue weighted by Crippen LogP contribution is 2.29. The third-order valence-electron chi connectivity index (χ3n) is 5.68. The Morgan fingerprint density at radius 1 is 1.29 bits per heavy atom. The van der Waals surface area contributed by atoms with Crippen molar-refractivity contribution in [2.75, 3.05) is 11.9 Å². The fraction of sp³-hybridized carbons (Fsp3) is 0.280. The van der Waals surface area contributed by atoms with E-state index in [1.165, 1.54) is 0 Å². The molecule has 2 N–H and O–H groups in total. The molecule has 1 aliphatic heterocycles. The van der Waals surface area contributed by atoms with Crippen LogP contribution in [-0.4, -0.2) is 34.5 Å². The molecular weight excluding hydrogens is 481 g/mol. The van der Waals surface area contributed by atoms with Gasteiger partial charge in [0.2, 0.25) is 5.91 Å². The van der Waals surface area contributed by atoms with E-state index in [9.17, 15) is 18.0 Å². The van der Waals surface area contributed by atoms with Crippen LogP contribution in [0.4, 0.5) is 19.0 Å². The zero-order valence-electron chi connectivity index (χ0n) is 18.9. The molecule has 10 heteroatoms. The number of nitrogens with one attached hydrogen (secondary N) is 2. The summed E-state index contributed by atoms with van der Waals surface area (Å²) >= 11 is 6.03. The van der Waals surface area contributed by atoms with Gasteiger partial charge < -0.3 is 15.4 Å². The van der Waals surface area contributed by atoms with Crippen LogP contribution < -0.4 is 10.6 Å². The summed E-state index contributed by atoms with van der Waals surface area (Å²) < 4.78 is 45.1. The van der Waals surface area contributed by atoms with Gasteiger partial charge in [0.1, 0.15) is 0 Å². The molecule has 1 aromatic heterocycles. The van der Waals surface area contributed by atoms with Gasteiger partial charge in [-0.1, -0.05) is 36.4 Å². The Bertz CT molecular complexity index is 1220. The lowest BCUT2D eigenvalue weighted by Crippen LogP contribution is -2.28. The molecule has 4 rings (SSSR count). The molecule has 2 heterocycles. The molecule has 0 radical (unpaired) electrons. The number of alkyl halides is 3. The molecule has 6 nitrogen and oxygen atoms in total. The predicted molar refractivity (Wildman–Crippen MR) is 128 cm³/mol. The van der Waals surface area contributed by atoms with E-state index < -0.39 is 12.3 Å². The summed E-state index contributed by atoms with van der Waals surface area (Å²) in [4.78, 5) is 12.7. The van der Waals surface area contributed by atoms with Crippen molar-refractivity contribution < 1.29 is 22.7 Å². The summed E-state index contributed by atoms with van der Waals surface area (Å²) in [5.74, 6) is -0.0701. The van der Waals surface area contributed by atoms with Crippen LogP contribution >= 0.6 is 11.6 Å². The van der Waals surface area contributed by atoms with Crippen LogP contribution in [-0.2, 0) is 16.1 Å². The smallest absolute Gasteiger partial charge is 0.388 e. The number of hydrogen-bond acceptors (Lipinski definition) is 4. The normalized spacial score (nSPS) is 16.7. The Morgan fingerprint density at radius 3 is 2.69 bits per heavy atom. The second-order valence-corrected chi connectivity index (χ2v) is 8.81. The molecule has 0 spiro atoms. The third-order valence-corrected chi connectivity index (χ3v) is 5.93. The number of rotatable bonds is 7. The first-order valence-corrected chi connectivity index (χ1v) is 11.3. The van der Waals surface area contributed by atoms with Crippen molar-refractivity contribution in [1.29, 1.82) is 0 Å². The molecule has 0 saturated carbocycles. The average Bonchev–Trinajstić information content (AvgIpc) is 3.44. The number of benzene rings is 2. The van der Waals surface area contributed by atoms with E-state index in [0.717, 1.165) is 12.6 Å². The Labute approximate surface area is 205 Å². The molecule has 1 fully saturated rings. The largest absolute Gasteiger partial charge is 0.414 e. The highest BCUT2D eigenvalue weighted by Gasteiger charge is 2.36. The molecule has 35 heavy (non-hydrogen) atoms. The van der Waals surface area contributed by atoms with Crippen molar-refractivity contribution in [1.82, 2.24) is 15.1 Å². The van der Waals surface area contributed by atoms with Gasteiger partial charge in [-0.2, -0.15) is 13.2 Å². The molecule has 2 aromatic carbocycles. The summed E-state index contributed by atoms with van der Waals surface area (Å²) in [6.07, 6.45) is -5.76. The maximum Gasteiger partial charge on any atom is 0.414 e. The molecule has 0 aliphatic carbocycles. The number of aromatic nitrogens is 2. The van der Waals surface area contributed by atoms with Gasteiger partial charge in [-0.05, 0) is 49.2 Å². The lowest BCUT2D eigenvalue weighted by Gasteiger charge is -2.16. The van der Waals surface area contributed by atoms with Crippen molar-refractivity contribution >= 4 is 23.3 Å². The first-order valence-electron chi connectivity index (χ1n) is 11.0. The number of ether oxygens (including phenoxy) is 1. The topological polar surface area (TPSA) is 68.2 Å². The molecule has 1 amide bonds. The summed E-state index contributed by atoms with van der Waals surface area (Å²) in [6.45, 7) is 5.13. The lowest BCUT2D eigenvalue weighted by atomic mass is 10.1. The first kappa shape index (κ1) is 24.8. The highest BCUT2D eigenvalue weighted by molar-refractivity contribution is 6.30. The Kier molecular flexibility index (Phi) is 7.18. The summed E-state index contributed by atoms with van der Waals surface area (Å²) in [5, 5.41) is 11.1. The van der Waals surface area contributed by atoms with Crippen LogP contribution in [0, 0.1) is 5.92 Å². The number of carbonyl (C=O) groups is 1. The maximum atomic E-state index is 12.8. The minimum Gasteiger partial charge on any atom is -0.388 e. The number of carbonyl (C=O) groups excluding carboxylic acids is 1. The standard InChI is InChI=1S/C25H24ClF3N4O2/c1-15-10-19(13-30-15)24(34)31-23-12-22(33(32-23)21-8-6-20(26)7-9-21)18-5-3-4-17(11-18)14-35-16(2)25(27,28)29/h3-9,11-12,16,19,30H,1,10,13-14H2,2H3,(H,31,32,34)/t16-,19+/m1/s1. The maximum absolute atomic E-state index is 12.8. The Balaban J connectivity index is 1.63. The quantitative estimate of drug-likeness (QED) is 0.432. The lowest BCUT2D eigenvalue weighted by molar-refractivity contribution is -0.217. The van der Waals surface area contributed by atoms with E-state index in [1.54, 1.807) is 53.2 Å². The van der Waals surface area contributed by atoms with Gasteiger partial charge in [-0.15, -0.1) is 5.10 Å². The van der Waals surface area contributed by atoms with E-state index >= 15 is 0 Å². The second-order valence-electron chi connectivity index (χ2n) is 8.37. The van der Waals surface area contributed by atoms with Gasteiger partial charge in [0.15, 0.2) is 11.9 Å². The molecule has 1 aliphatic rings. The fourth-order valence-electron chi connectivity index (χ4n) is 3.69. The van der Waals surface area contributed by atoms with Gasteiger partial charge >= 0.3 is 6.18 Å². The number of halogens is 4. The zero-order valence-corrected chi connectivity index (χ0v) is 19.7. The highest BCUT2D eigenvalue weighted by atomic mass is 35.5. The number of amides is 1. The third kappa shape index (κ3) is 6.04. The minimum atomic E-state index is -4.43. The molecule has 3 aromatic rings. The summed E-state index contributed by atoms with van der Waals surface area (Å²) in [6, 6.07) is 15.7. The summed E-state index contributed by atoms with van der Waals surface area (Å²) in [7, 11) is 0. The van der Waals surface area contributed by atoms with Crippen molar-refractivity contribution in [3.8, 4) is 16.9 Å². The van der Waals surface area contributed by atoms with Crippen LogP contribution in [0.5, 0.6) is 0 Å². The number of allylic oxidation sites excluding steroid dienone is 1. The van der Waals surface area contributed by atoms with Crippen LogP contribution in [0.2, 0.25) is 5.02 Å². The molecule has 184 valence electrons. The molecular formula is C25H24ClF3N4O2. The van der Waals surface area contributed by atoms with Gasteiger partial charge in [0.05, 0.1) is 23.9 Å². The second kappa shape index (κ2) is 10.1. The van der Waals surface area contributed by atoms with Crippen molar-refractivity contribution in [3.05, 3.63) is 77.5 Å². The average molecular weight is 505 g/mol. The van der Waals surface area contributed by atoms with E-state index in [0.29, 0.717) is 46.3 Å². The Hall–Kier alpha value is -3.30. The first-order chi connectivity index (χ1) is 16.6. The van der Waals surface area contributed by atoms with E-state index in [4.69, 9.17) is 16.3 Å². The van der Waals surface area contributed by atoms with E-state index in [2.05, 4.69) is 22.3 Å².